The predicted octanol–water partition coefficient (Wildman–Crippen LogP) is 2.28. The topological polar surface area (TPSA) is 108 Å². The van der Waals surface area contributed by atoms with Crippen LogP contribution in [-0.4, -0.2) is 41.7 Å². The second-order valence-corrected chi connectivity index (χ2v) is 7.92. The summed E-state index contributed by atoms with van der Waals surface area (Å²) in [6, 6.07) is 13.6. The van der Waals surface area contributed by atoms with Crippen molar-refractivity contribution in [3.63, 3.8) is 0 Å². The summed E-state index contributed by atoms with van der Waals surface area (Å²) in [6.07, 6.45) is 0. The zero-order valence-electron chi connectivity index (χ0n) is 16.5. The van der Waals surface area contributed by atoms with Gasteiger partial charge in [0.2, 0.25) is 11.8 Å². The third-order valence-corrected chi connectivity index (χ3v) is 5.55. The molecule has 3 N–H and O–H groups in total. The lowest BCUT2D eigenvalue weighted by Gasteiger charge is -2.24. The summed E-state index contributed by atoms with van der Waals surface area (Å²) in [4.78, 5) is 50.5. The Kier molecular flexibility index (Phi) is 6.21. The molecule has 0 spiro atoms. The largest absolute Gasteiger partial charge is 0.345 e. The van der Waals surface area contributed by atoms with Gasteiger partial charge in [-0.05, 0) is 53.0 Å². The minimum absolute atomic E-state index is 0.293. The fourth-order valence-corrected chi connectivity index (χ4v) is 3.68. The average molecular weight is 473 g/mol. The molecule has 1 fully saturated rings. The van der Waals surface area contributed by atoms with Crippen molar-refractivity contribution in [1.82, 2.24) is 15.5 Å². The molecule has 156 valence electrons. The van der Waals surface area contributed by atoms with Crippen molar-refractivity contribution in [3.8, 4) is 0 Å². The van der Waals surface area contributed by atoms with E-state index in [2.05, 4.69) is 31.9 Å². The number of aryl methyl sites for hydroxylation is 1. The minimum atomic E-state index is -1.25. The number of nitrogens with one attached hydrogen (secondary N) is 3. The van der Waals surface area contributed by atoms with E-state index < -0.39 is 35.8 Å². The van der Waals surface area contributed by atoms with E-state index in [1.54, 1.807) is 37.3 Å². The number of carbonyl (C=O) groups excluding carboxylic acids is 4. The summed E-state index contributed by atoms with van der Waals surface area (Å²) in [6.45, 7) is 2.69. The first kappa shape index (κ1) is 21.5. The number of halogens is 1. The molecule has 5 amide bonds. The second-order valence-electron chi connectivity index (χ2n) is 7.07. The number of hydrogen-bond acceptors (Lipinski definition) is 4. The maximum Gasteiger partial charge on any atom is 0.325 e. The van der Waals surface area contributed by atoms with E-state index in [-0.39, 0.29) is 6.54 Å². The van der Waals surface area contributed by atoms with E-state index in [1.807, 2.05) is 25.1 Å². The molecule has 0 aromatic heterocycles. The number of nitrogens with zero attached hydrogens (tertiary/aromatic N) is 1. The van der Waals surface area contributed by atoms with Crippen molar-refractivity contribution in [2.75, 3.05) is 18.4 Å². The molecule has 0 aliphatic carbocycles. The Morgan fingerprint density at radius 1 is 1.07 bits per heavy atom. The molecule has 1 saturated heterocycles. The highest BCUT2D eigenvalue weighted by molar-refractivity contribution is 9.10. The van der Waals surface area contributed by atoms with Crippen molar-refractivity contribution in [3.05, 3.63) is 64.1 Å². The van der Waals surface area contributed by atoms with Crippen molar-refractivity contribution in [1.29, 1.82) is 0 Å². The minimum Gasteiger partial charge on any atom is -0.345 e. The van der Waals surface area contributed by atoms with E-state index >= 15 is 0 Å². The van der Waals surface area contributed by atoms with Crippen LogP contribution in [0, 0.1) is 6.92 Å². The van der Waals surface area contributed by atoms with Gasteiger partial charge in [0.05, 0.1) is 12.2 Å². The first-order valence-corrected chi connectivity index (χ1v) is 10.0. The van der Waals surface area contributed by atoms with Crippen molar-refractivity contribution >= 4 is 45.4 Å². The summed E-state index contributed by atoms with van der Waals surface area (Å²) in [5.41, 5.74) is 0.835. The molecular formula is C21H21BrN4O4. The SMILES string of the molecule is Cc1ccccc1C1(C)NC(=O)N(CC(=O)NCC(=O)Nc2ccccc2Br)C1=O. The van der Waals surface area contributed by atoms with Crippen molar-refractivity contribution in [2.24, 2.45) is 0 Å². The van der Waals surface area contributed by atoms with Gasteiger partial charge in [-0.1, -0.05) is 36.4 Å². The molecule has 30 heavy (non-hydrogen) atoms. The van der Waals surface area contributed by atoms with Crippen LogP contribution >= 0.6 is 15.9 Å². The molecule has 0 bridgehead atoms. The normalized spacial score (nSPS) is 18.2. The Balaban J connectivity index is 1.59. The van der Waals surface area contributed by atoms with Crippen LogP contribution in [0.2, 0.25) is 0 Å². The molecule has 1 heterocycles. The number of carbonyl (C=O) groups is 4. The third-order valence-electron chi connectivity index (χ3n) is 4.85. The van der Waals surface area contributed by atoms with E-state index in [9.17, 15) is 19.2 Å². The van der Waals surface area contributed by atoms with E-state index in [4.69, 9.17) is 0 Å². The monoisotopic (exact) mass is 472 g/mol. The number of para-hydroxylation sites is 1. The lowest BCUT2D eigenvalue weighted by atomic mass is 9.88. The molecule has 1 aliphatic rings. The van der Waals surface area contributed by atoms with Gasteiger partial charge in [-0.2, -0.15) is 0 Å². The first-order valence-electron chi connectivity index (χ1n) is 9.23. The van der Waals surface area contributed by atoms with Gasteiger partial charge in [-0.3, -0.25) is 19.3 Å². The van der Waals surface area contributed by atoms with Crippen molar-refractivity contribution < 1.29 is 19.2 Å². The van der Waals surface area contributed by atoms with Gasteiger partial charge in [0.15, 0.2) is 0 Å². The Morgan fingerprint density at radius 2 is 1.73 bits per heavy atom. The maximum absolute atomic E-state index is 12.9. The summed E-state index contributed by atoms with van der Waals surface area (Å²) in [5.74, 6) is -1.57. The molecule has 1 atom stereocenters. The lowest BCUT2D eigenvalue weighted by molar-refractivity contribution is -0.135. The third kappa shape index (κ3) is 4.35. The number of hydrogen-bond donors (Lipinski definition) is 3. The van der Waals surface area contributed by atoms with E-state index in [1.165, 1.54) is 0 Å². The molecule has 8 nitrogen and oxygen atoms in total. The quantitative estimate of drug-likeness (QED) is 0.560. The van der Waals surface area contributed by atoms with Gasteiger partial charge in [-0.25, -0.2) is 4.79 Å². The molecule has 1 unspecified atom stereocenters. The standard InChI is InChI=1S/C21H21BrN4O4/c1-13-7-3-4-8-14(13)21(2)19(29)26(20(30)25-21)12-18(28)23-11-17(27)24-16-10-6-5-9-15(16)22/h3-10H,11-12H2,1-2H3,(H,23,28)(H,24,27)(H,25,30). The molecule has 0 saturated carbocycles. The van der Waals surface area contributed by atoms with Gasteiger partial charge in [0.1, 0.15) is 12.1 Å². The molecule has 0 radical (unpaired) electrons. The van der Waals surface area contributed by atoms with E-state index in [0.717, 1.165) is 10.5 Å². The average Bonchev–Trinajstić information content (AvgIpc) is 2.92. The molecule has 2 aromatic carbocycles. The van der Waals surface area contributed by atoms with Crippen LogP contribution in [0.15, 0.2) is 53.0 Å². The molecular weight excluding hydrogens is 452 g/mol. The Bertz CT molecular complexity index is 1030. The number of benzene rings is 2. The zero-order valence-corrected chi connectivity index (χ0v) is 18.1. The highest BCUT2D eigenvalue weighted by Gasteiger charge is 2.49. The van der Waals surface area contributed by atoms with Crippen LogP contribution in [0.3, 0.4) is 0 Å². The van der Waals surface area contributed by atoms with E-state index in [0.29, 0.717) is 15.7 Å². The molecule has 3 rings (SSSR count). The van der Waals surface area contributed by atoms with Gasteiger partial charge < -0.3 is 16.0 Å². The Labute approximate surface area is 182 Å². The number of imide groups is 1. The van der Waals surface area contributed by atoms with Crippen LogP contribution in [0.5, 0.6) is 0 Å². The number of rotatable bonds is 6. The van der Waals surface area contributed by atoms with Crippen molar-refractivity contribution in [2.45, 2.75) is 19.4 Å². The molecule has 2 aromatic rings. The predicted molar refractivity (Wildman–Crippen MR) is 115 cm³/mol. The first-order chi connectivity index (χ1) is 14.2. The van der Waals surface area contributed by atoms with Gasteiger partial charge in [0, 0.05) is 4.47 Å². The smallest absolute Gasteiger partial charge is 0.325 e. The van der Waals surface area contributed by atoms with Gasteiger partial charge in [-0.15, -0.1) is 0 Å². The fourth-order valence-electron chi connectivity index (χ4n) is 3.29. The summed E-state index contributed by atoms with van der Waals surface area (Å²) in [7, 11) is 0. The van der Waals surface area contributed by atoms with Crippen LogP contribution in [-0.2, 0) is 19.9 Å². The summed E-state index contributed by atoms with van der Waals surface area (Å²) in [5, 5.41) is 7.76. The van der Waals surface area contributed by atoms with Crippen LogP contribution < -0.4 is 16.0 Å². The van der Waals surface area contributed by atoms with Crippen LogP contribution in [0.25, 0.3) is 0 Å². The lowest BCUT2D eigenvalue weighted by Crippen LogP contribution is -2.44. The Morgan fingerprint density at radius 3 is 2.43 bits per heavy atom. The van der Waals surface area contributed by atoms with Crippen LogP contribution in [0.4, 0.5) is 10.5 Å². The number of anilines is 1. The Hall–Kier alpha value is -3.20. The van der Waals surface area contributed by atoms with Gasteiger partial charge in [0.25, 0.3) is 5.91 Å². The highest BCUT2D eigenvalue weighted by Crippen LogP contribution is 2.30. The zero-order chi connectivity index (χ0) is 21.9. The number of amides is 5. The number of urea groups is 1. The summed E-state index contributed by atoms with van der Waals surface area (Å²) >= 11 is 3.32. The van der Waals surface area contributed by atoms with Crippen LogP contribution in [0.1, 0.15) is 18.1 Å². The maximum atomic E-state index is 12.9. The van der Waals surface area contributed by atoms with Gasteiger partial charge >= 0.3 is 6.03 Å². The second kappa shape index (κ2) is 8.66. The summed E-state index contributed by atoms with van der Waals surface area (Å²) < 4.78 is 0.708. The fraction of sp³-hybridized carbons (Fsp3) is 0.238. The highest BCUT2D eigenvalue weighted by atomic mass is 79.9. The molecule has 9 heteroatoms. The molecule has 1 aliphatic heterocycles.